The zero-order chi connectivity index (χ0) is 13.5. The molecular weight excluding hydrogens is 214 g/mol. The van der Waals surface area contributed by atoms with E-state index < -0.39 is 5.60 Å². The number of carbonyl (C=O) groups excluding carboxylic acids is 1. The molecular formula is C14H23NO2. The fourth-order valence-electron chi connectivity index (χ4n) is 1.27. The Morgan fingerprint density at radius 1 is 1.35 bits per heavy atom. The number of rotatable bonds is 5. The zero-order valence-electron chi connectivity index (χ0n) is 11.6. The fraction of sp³-hybridized carbons (Fsp3) is 0.643. The molecule has 0 N–H and O–H groups in total. The van der Waals surface area contributed by atoms with Crippen LogP contribution in [-0.4, -0.2) is 36.1 Å². The Kier molecular flexibility index (Phi) is 6.60. The zero-order valence-corrected chi connectivity index (χ0v) is 11.6. The van der Waals surface area contributed by atoms with E-state index in [2.05, 4.69) is 37.2 Å². The van der Waals surface area contributed by atoms with Gasteiger partial charge in [-0.25, -0.2) is 0 Å². The summed E-state index contributed by atoms with van der Waals surface area (Å²) in [5, 5.41) is 0. The van der Waals surface area contributed by atoms with Crippen molar-refractivity contribution >= 4 is 5.97 Å². The first-order valence-electron chi connectivity index (χ1n) is 5.93. The first kappa shape index (κ1) is 15.7. The molecule has 0 aliphatic heterocycles. The van der Waals surface area contributed by atoms with Gasteiger partial charge in [-0.15, -0.1) is 0 Å². The van der Waals surface area contributed by atoms with E-state index in [9.17, 15) is 4.79 Å². The van der Waals surface area contributed by atoms with Gasteiger partial charge in [-0.3, -0.25) is 9.69 Å². The van der Waals surface area contributed by atoms with Crippen molar-refractivity contribution in [3.63, 3.8) is 0 Å². The predicted octanol–water partition coefficient (Wildman–Crippen LogP) is 2.23. The van der Waals surface area contributed by atoms with Crippen LogP contribution in [-0.2, 0) is 9.53 Å². The van der Waals surface area contributed by atoms with E-state index in [-0.39, 0.29) is 5.97 Å². The summed E-state index contributed by atoms with van der Waals surface area (Å²) in [6.07, 6.45) is 0. The summed E-state index contributed by atoms with van der Waals surface area (Å²) >= 11 is 0. The molecule has 0 aromatic heterocycles. The van der Waals surface area contributed by atoms with Gasteiger partial charge in [0.15, 0.2) is 5.60 Å². The Morgan fingerprint density at radius 2 is 1.88 bits per heavy atom. The maximum Gasteiger partial charge on any atom is 0.304 e. The van der Waals surface area contributed by atoms with Gasteiger partial charge in [0, 0.05) is 6.92 Å². The summed E-state index contributed by atoms with van der Waals surface area (Å²) in [7, 11) is 0. The molecule has 3 nitrogen and oxygen atoms in total. The highest BCUT2D eigenvalue weighted by molar-refractivity contribution is 5.67. The van der Waals surface area contributed by atoms with Crippen LogP contribution in [0.2, 0.25) is 0 Å². The Hall–Kier alpha value is -1.27. The highest BCUT2D eigenvalue weighted by Gasteiger charge is 2.25. The molecule has 0 aliphatic carbocycles. The lowest BCUT2D eigenvalue weighted by Crippen LogP contribution is -2.31. The van der Waals surface area contributed by atoms with Gasteiger partial charge in [-0.2, -0.15) is 0 Å². The molecule has 0 rings (SSSR count). The fourth-order valence-corrected chi connectivity index (χ4v) is 1.27. The molecule has 0 aromatic carbocycles. The van der Waals surface area contributed by atoms with Gasteiger partial charge in [-0.05, 0) is 38.4 Å². The highest BCUT2D eigenvalue weighted by Crippen LogP contribution is 2.18. The molecule has 17 heavy (non-hydrogen) atoms. The first-order chi connectivity index (χ1) is 7.85. The molecule has 0 aromatic rings. The minimum Gasteiger partial charge on any atom is -0.442 e. The quantitative estimate of drug-likeness (QED) is 0.417. The molecule has 0 saturated heterocycles. The van der Waals surface area contributed by atoms with Crippen LogP contribution >= 0.6 is 0 Å². The van der Waals surface area contributed by atoms with Crippen molar-refractivity contribution in [1.82, 2.24) is 4.90 Å². The van der Waals surface area contributed by atoms with E-state index in [0.29, 0.717) is 6.54 Å². The van der Waals surface area contributed by atoms with Crippen LogP contribution in [0.15, 0.2) is 12.2 Å². The summed E-state index contributed by atoms with van der Waals surface area (Å²) in [6.45, 7) is 15.6. The predicted molar refractivity (Wildman–Crippen MR) is 70.5 cm³/mol. The molecule has 0 aliphatic rings. The summed E-state index contributed by atoms with van der Waals surface area (Å²) in [6, 6.07) is 0. The van der Waals surface area contributed by atoms with E-state index in [4.69, 9.17) is 4.74 Å². The normalized spacial score (nSPS) is 13.5. The lowest BCUT2D eigenvalue weighted by atomic mass is 9.99. The molecule has 0 bridgehead atoms. The number of hydrogen-bond donors (Lipinski definition) is 0. The van der Waals surface area contributed by atoms with Crippen LogP contribution in [0.5, 0.6) is 0 Å². The topological polar surface area (TPSA) is 29.5 Å². The molecule has 1 atom stereocenters. The summed E-state index contributed by atoms with van der Waals surface area (Å²) < 4.78 is 5.22. The average molecular weight is 237 g/mol. The highest BCUT2D eigenvalue weighted by atomic mass is 16.6. The minimum atomic E-state index is -0.876. The largest absolute Gasteiger partial charge is 0.442 e. The van der Waals surface area contributed by atoms with Crippen LogP contribution in [0.1, 0.15) is 34.6 Å². The van der Waals surface area contributed by atoms with Crippen LogP contribution in [0.3, 0.4) is 0 Å². The first-order valence-corrected chi connectivity index (χ1v) is 5.93. The molecule has 0 saturated carbocycles. The van der Waals surface area contributed by atoms with Crippen molar-refractivity contribution in [2.24, 2.45) is 0 Å². The lowest BCUT2D eigenvalue weighted by molar-refractivity contribution is -0.147. The Labute approximate surface area is 105 Å². The number of carbonyl (C=O) groups is 1. The van der Waals surface area contributed by atoms with E-state index in [0.717, 1.165) is 18.7 Å². The number of nitrogens with zero attached hydrogens (tertiary/aromatic N) is 1. The molecule has 0 unspecified atom stereocenters. The van der Waals surface area contributed by atoms with Gasteiger partial charge in [-0.1, -0.05) is 26.3 Å². The average Bonchev–Trinajstić information content (AvgIpc) is 2.23. The summed E-state index contributed by atoms with van der Waals surface area (Å²) in [5.74, 6) is 5.70. The summed E-state index contributed by atoms with van der Waals surface area (Å²) in [5.41, 5.74) is -0.140. The third-order valence-electron chi connectivity index (χ3n) is 2.69. The maximum atomic E-state index is 11.0. The van der Waals surface area contributed by atoms with Crippen LogP contribution < -0.4 is 0 Å². The second-order valence-electron chi connectivity index (χ2n) is 4.17. The van der Waals surface area contributed by atoms with Crippen LogP contribution in [0.25, 0.3) is 0 Å². The number of esters is 1. The molecule has 0 heterocycles. The molecule has 96 valence electrons. The third kappa shape index (κ3) is 5.55. The Morgan fingerprint density at radius 3 is 2.24 bits per heavy atom. The van der Waals surface area contributed by atoms with Gasteiger partial charge in [0.2, 0.25) is 0 Å². The van der Waals surface area contributed by atoms with Crippen molar-refractivity contribution < 1.29 is 9.53 Å². The smallest absolute Gasteiger partial charge is 0.304 e. The van der Waals surface area contributed by atoms with Crippen molar-refractivity contribution in [1.29, 1.82) is 0 Å². The van der Waals surface area contributed by atoms with E-state index >= 15 is 0 Å². The van der Waals surface area contributed by atoms with Crippen molar-refractivity contribution in [3.8, 4) is 11.8 Å². The third-order valence-corrected chi connectivity index (χ3v) is 2.69. The molecule has 0 spiro atoms. The monoisotopic (exact) mass is 237 g/mol. The minimum absolute atomic E-state index is 0.340. The van der Waals surface area contributed by atoms with Gasteiger partial charge in [0.25, 0.3) is 0 Å². The Balaban J connectivity index is 4.71. The van der Waals surface area contributed by atoms with Crippen molar-refractivity contribution in [2.45, 2.75) is 40.2 Å². The molecule has 0 amide bonds. The molecule has 0 fully saturated rings. The summed E-state index contributed by atoms with van der Waals surface area (Å²) in [4.78, 5) is 13.2. The number of hydrogen-bond acceptors (Lipinski definition) is 3. The molecule has 0 radical (unpaired) electrons. The van der Waals surface area contributed by atoms with Crippen LogP contribution in [0, 0.1) is 11.8 Å². The van der Waals surface area contributed by atoms with Crippen molar-refractivity contribution in [3.05, 3.63) is 12.2 Å². The van der Waals surface area contributed by atoms with E-state index in [1.54, 1.807) is 6.92 Å². The van der Waals surface area contributed by atoms with Gasteiger partial charge in [0.1, 0.15) is 0 Å². The van der Waals surface area contributed by atoms with Crippen molar-refractivity contribution in [2.75, 3.05) is 19.6 Å². The van der Waals surface area contributed by atoms with E-state index in [1.165, 1.54) is 6.92 Å². The second kappa shape index (κ2) is 7.13. The molecule has 3 heteroatoms. The maximum absolute atomic E-state index is 11.0. The van der Waals surface area contributed by atoms with E-state index in [1.807, 2.05) is 6.92 Å². The Bertz CT molecular complexity index is 334. The van der Waals surface area contributed by atoms with Gasteiger partial charge < -0.3 is 4.74 Å². The standard InChI is InChI=1S/C14H23NO2/c1-7-15(8-2)11-9-10-14(6,12(3)4)17-13(5)16/h3,7-8,11H2,1-2,4-6H3/t14-/m1/s1. The van der Waals surface area contributed by atoms with Gasteiger partial charge in [0.05, 0.1) is 6.54 Å². The number of ether oxygens (including phenoxy) is 1. The SMILES string of the molecule is C=C(C)[C@@](C)(C#CCN(CC)CC)OC(C)=O. The van der Waals surface area contributed by atoms with Crippen LogP contribution in [0.4, 0.5) is 0 Å². The second-order valence-corrected chi connectivity index (χ2v) is 4.17. The lowest BCUT2D eigenvalue weighted by Gasteiger charge is -2.23. The van der Waals surface area contributed by atoms with Gasteiger partial charge >= 0.3 is 5.97 Å².